The summed E-state index contributed by atoms with van der Waals surface area (Å²) in [5.74, 6) is -0.532. The van der Waals surface area contributed by atoms with Gasteiger partial charge in [-0.15, -0.1) is 0 Å². The Morgan fingerprint density at radius 1 is 1.53 bits per heavy atom. The molecule has 0 aromatic carbocycles. The highest BCUT2D eigenvalue weighted by molar-refractivity contribution is 5.75. The van der Waals surface area contributed by atoms with Crippen LogP contribution in [0.1, 0.15) is 12.8 Å². The summed E-state index contributed by atoms with van der Waals surface area (Å²) in [6.45, 7) is -0.440. The third-order valence-electron chi connectivity index (χ3n) is 1.62. The molecule has 0 spiro atoms. The van der Waals surface area contributed by atoms with Gasteiger partial charge in [0.2, 0.25) is 5.91 Å². The topological polar surface area (TPSA) is 58.6 Å². The van der Waals surface area contributed by atoms with Crippen LogP contribution in [-0.2, 0) is 9.53 Å². The molecule has 4 nitrogen and oxygen atoms in total. The number of aliphatic hydroxyl groups excluding tert-OH is 1. The summed E-state index contributed by atoms with van der Waals surface area (Å²) in [5.41, 5.74) is 0. The van der Waals surface area contributed by atoms with Crippen LogP contribution in [0.2, 0.25) is 0 Å². The van der Waals surface area contributed by atoms with Gasteiger partial charge >= 0.3 is 6.18 Å². The number of ether oxygens (including phenoxy) is 1. The molecule has 15 heavy (non-hydrogen) atoms. The van der Waals surface area contributed by atoms with E-state index in [9.17, 15) is 18.0 Å². The lowest BCUT2D eigenvalue weighted by molar-refractivity contribution is -0.201. The Kier molecular flexibility index (Phi) is 6.26. The molecular weight excluding hydrogens is 215 g/mol. The summed E-state index contributed by atoms with van der Waals surface area (Å²) in [6, 6.07) is 0. The van der Waals surface area contributed by atoms with E-state index in [0.717, 1.165) is 0 Å². The lowest BCUT2D eigenvalue weighted by atomic mass is 10.3. The van der Waals surface area contributed by atoms with Gasteiger partial charge in [-0.3, -0.25) is 4.79 Å². The zero-order valence-electron chi connectivity index (χ0n) is 8.30. The third-order valence-corrected chi connectivity index (χ3v) is 1.62. The van der Waals surface area contributed by atoms with E-state index in [1.54, 1.807) is 0 Å². The molecule has 0 radical (unpaired) electrons. The van der Waals surface area contributed by atoms with Gasteiger partial charge in [-0.05, 0) is 6.42 Å². The van der Waals surface area contributed by atoms with Crippen LogP contribution in [0.3, 0.4) is 0 Å². The second kappa shape index (κ2) is 6.62. The molecule has 1 amide bonds. The first-order valence-corrected chi connectivity index (χ1v) is 4.38. The van der Waals surface area contributed by atoms with E-state index in [-0.39, 0.29) is 6.42 Å². The summed E-state index contributed by atoms with van der Waals surface area (Å²) in [4.78, 5) is 10.9. The van der Waals surface area contributed by atoms with E-state index in [2.05, 4.69) is 4.74 Å². The first-order valence-electron chi connectivity index (χ1n) is 4.38. The Balaban J connectivity index is 3.62. The normalized spacial score (nSPS) is 13.7. The number of carbonyl (C=O) groups excluding carboxylic acids is 1. The predicted molar refractivity (Wildman–Crippen MR) is 46.2 cm³/mol. The molecule has 0 aromatic rings. The van der Waals surface area contributed by atoms with Crippen molar-refractivity contribution < 1.29 is 27.8 Å². The van der Waals surface area contributed by atoms with E-state index in [4.69, 9.17) is 5.11 Å². The Labute approximate surface area is 85.4 Å². The summed E-state index contributed by atoms with van der Waals surface area (Å²) < 4.78 is 40.0. The average molecular weight is 229 g/mol. The fraction of sp³-hybridized carbons (Fsp3) is 0.875. The molecule has 7 heteroatoms. The van der Waals surface area contributed by atoms with E-state index in [1.165, 1.54) is 7.11 Å². The maximum absolute atomic E-state index is 11.8. The number of carbonyl (C=O) groups is 1. The summed E-state index contributed by atoms with van der Waals surface area (Å²) in [5, 5.41) is 10.5. The highest BCUT2D eigenvalue weighted by Crippen LogP contribution is 2.19. The quantitative estimate of drug-likeness (QED) is 0.650. The van der Waals surface area contributed by atoms with Crippen molar-refractivity contribution in [2.24, 2.45) is 0 Å². The lowest BCUT2D eigenvalue weighted by Gasteiger charge is -2.14. The van der Waals surface area contributed by atoms with Gasteiger partial charge in [0.15, 0.2) is 6.10 Å². The minimum atomic E-state index is -4.69. The SMILES string of the molecule is COCCCC(=O)NCC(O)C(F)(F)F. The molecule has 90 valence electrons. The van der Waals surface area contributed by atoms with Gasteiger partial charge in [-0.2, -0.15) is 13.2 Å². The second-order valence-corrected chi connectivity index (χ2v) is 2.96. The van der Waals surface area contributed by atoms with Crippen LogP contribution in [0.4, 0.5) is 13.2 Å². The Morgan fingerprint density at radius 3 is 2.60 bits per heavy atom. The molecule has 0 saturated heterocycles. The molecule has 1 unspecified atom stereocenters. The van der Waals surface area contributed by atoms with Crippen molar-refractivity contribution in [3.8, 4) is 0 Å². The highest BCUT2D eigenvalue weighted by Gasteiger charge is 2.38. The molecule has 0 aliphatic carbocycles. The molecule has 2 N–H and O–H groups in total. The third kappa shape index (κ3) is 7.15. The molecule has 0 rings (SSSR count). The molecule has 0 bridgehead atoms. The fourth-order valence-electron chi connectivity index (χ4n) is 0.792. The van der Waals surface area contributed by atoms with E-state index >= 15 is 0 Å². The van der Waals surface area contributed by atoms with Gasteiger partial charge in [-0.25, -0.2) is 0 Å². The first-order chi connectivity index (χ1) is 6.88. The van der Waals surface area contributed by atoms with Crippen molar-refractivity contribution in [3.05, 3.63) is 0 Å². The van der Waals surface area contributed by atoms with Crippen LogP contribution in [-0.4, -0.2) is 43.6 Å². The molecule has 0 heterocycles. The Hall–Kier alpha value is -0.820. The van der Waals surface area contributed by atoms with Crippen molar-refractivity contribution in [3.63, 3.8) is 0 Å². The summed E-state index contributed by atoms with van der Waals surface area (Å²) >= 11 is 0. The van der Waals surface area contributed by atoms with Crippen LogP contribution in [0.25, 0.3) is 0 Å². The highest BCUT2D eigenvalue weighted by atomic mass is 19.4. The summed E-state index contributed by atoms with van der Waals surface area (Å²) in [7, 11) is 1.46. The zero-order chi connectivity index (χ0) is 11.9. The number of amides is 1. The van der Waals surface area contributed by atoms with Gasteiger partial charge in [0.25, 0.3) is 0 Å². The Bertz CT molecular complexity index is 196. The van der Waals surface area contributed by atoms with Gasteiger partial charge < -0.3 is 15.2 Å². The van der Waals surface area contributed by atoms with Crippen molar-refractivity contribution in [1.29, 1.82) is 0 Å². The van der Waals surface area contributed by atoms with Crippen molar-refractivity contribution in [2.75, 3.05) is 20.3 Å². The van der Waals surface area contributed by atoms with Crippen LogP contribution < -0.4 is 5.32 Å². The predicted octanol–water partition coefficient (Wildman–Crippen LogP) is 0.452. The van der Waals surface area contributed by atoms with Crippen LogP contribution in [0.15, 0.2) is 0 Å². The number of rotatable bonds is 6. The molecule has 1 atom stereocenters. The Morgan fingerprint density at radius 2 is 2.13 bits per heavy atom. The van der Waals surface area contributed by atoms with Crippen LogP contribution >= 0.6 is 0 Å². The first kappa shape index (κ1) is 14.2. The minimum Gasteiger partial charge on any atom is -0.385 e. The number of alkyl halides is 3. The second-order valence-electron chi connectivity index (χ2n) is 2.96. The van der Waals surface area contributed by atoms with Gasteiger partial charge in [-0.1, -0.05) is 0 Å². The number of methoxy groups -OCH3 is 1. The molecule has 0 aliphatic heterocycles. The monoisotopic (exact) mass is 229 g/mol. The smallest absolute Gasteiger partial charge is 0.385 e. The number of aliphatic hydroxyl groups is 1. The number of hydrogen-bond donors (Lipinski definition) is 2. The van der Waals surface area contributed by atoms with Crippen LogP contribution in [0.5, 0.6) is 0 Å². The fourth-order valence-corrected chi connectivity index (χ4v) is 0.792. The molecule has 0 aliphatic rings. The van der Waals surface area contributed by atoms with Crippen molar-refractivity contribution in [2.45, 2.75) is 25.1 Å². The number of hydrogen-bond acceptors (Lipinski definition) is 3. The number of halogens is 3. The average Bonchev–Trinajstić information content (AvgIpc) is 2.13. The minimum absolute atomic E-state index is 0.0818. The van der Waals surface area contributed by atoms with Gasteiger partial charge in [0.1, 0.15) is 0 Å². The van der Waals surface area contributed by atoms with E-state index in [1.807, 2.05) is 5.32 Å². The lowest BCUT2D eigenvalue weighted by Crippen LogP contribution is -2.40. The van der Waals surface area contributed by atoms with E-state index in [0.29, 0.717) is 13.0 Å². The molecule has 0 saturated carbocycles. The van der Waals surface area contributed by atoms with E-state index < -0.39 is 24.7 Å². The number of nitrogens with one attached hydrogen (secondary N) is 1. The summed E-state index contributed by atoms with van der Waals surface area (Å²) in [6.07, 6.45) is -6.69. The maximum atomic E-state index is 11.8. The standard InChI is InChI=1S/C8H14F3NO3/c1-15-4-2-3-7(14)12-5-6(13)8(9,10)11/h6,13H,2-5H2,1H3,(H,12,14). The van der Waals surface area contributed by atoms with Crippen molar-refractivity contribution >= 4 is 5.91 Å². The van der Waals surface area contributed by atoms with Crippen LogP contribution in [0, 0.1) is 0 Å². The molecule has 0 aromatic heterocycles. The zero-order valence-corrected chi connectivity index (χ0v) is 8.30. The molecular formula is C8H14F3NO3. The van der Waals surface area contributed by atoms with Gasteiger partial charge in [0, 0.05) is 20.1 Å². The van der Waals surface area contributed by atoms with Crippen molar-refractivity contribution in [1.82, 2.24) is 5.32 Å². The maximum Gasteiger partial charge on any atom is 0.416 e. The largest absolute Gasteiger partial charge is 0.416 e. The molecule has 0 fully saturated rings. The van der Waals surface area contributed by atoms with Gasteiger partial charge in [0.05, 0.1) is 6.54 Å².